The molecule has 1 aliphatic carbocycles. The van der Waals surface area contributed by atoms with Crippen molar-refractivity contribution in [1.29, 1.82) is 0 Å². The van der Waals surface area contributed by atoms with Gasteiger partial charge in [-0.25, -0.2) is 13.1 Å². The van der Waals surface area contributed by atoms with Crippen LogP contribution in [0.1, 0.15) is 66.7 Å². The van der Waals surface area contributed by atoms with Crippen LogP contribution in [0.15, 0.2) is 47.4 Å². The molecule has 178 valence electrons. The van der Waals surface area contributed by atoms with Crippen molar-refractivity contribution in [3.05, 3.63) is 58.6 Å². The standard InChI is InChI=1S/C24H30ClN3O4S/c1-16(2)27-33(31,32)20-13-14-22(25)21(15-20)23(29)26-18-11-9-17(10-12-18)24(30)28(3)19-7-5-4-6-8-19/h9-16,19,27H,4-8H2,1-3H3,(H,26,29). The van der Waals surface area contributed by atoms with Gasteiger partial charge in [0.1, 0.15) is 0 Å². The lowest BCUT2D eigenvalue weighted by molar-refractivity contribution is 0.0696. The van der Waals surface area contributed by atoms with Crippen LogP contribution in [0.4, 0.5) is 5.69 Å². The smallest absolute Gasteiger partial charge is 0.257 e. The van der Waals surface area contributed by atoms with E-state index in [9.17, 15) is 18.0 Å². The molecule has 0 spiro atoms. The van der Waals surface area contributed by atoms with Crippen LogP contribution in [-0.2, 0) is 10.0 Å². The van der Waals surface area contributed by atoms with E-state index in [4.69, 9.17) is 11.6 Å². The summed E-state index contributed by atoms with van der Waals surface area (Å²) >= 11 is 6.16. The molecule has 2 amide bonds. The Labute approximate surface area is 200 Å². The number of halogens is 1. The minimum atomic E-state index is -3.77. The molecule has 2 aromatic rings. The molecule has 1 aliphatic rings. The fraction of sp³-hybridized carbons (Fsp3) is 0.417. The van der Waals surface area contributed by atoms with Crippen LogP contribution in [0.5, 0.6) is 0 Å². The van der Waals surface area contributed by atoms with Crippen molar-refractivity contribution < 1.29 is 18.0 Å². The van der Waals surface area contributed by atoms with Gasteiger partial charge in [0.15, 0.2) is 0 Å². The van der Waals surface area contributed by atoms with Crippen molar-refractivity contribution in [3.8, 4) is 0 Å². The molecule has 0 radical (unpaired) electrons. The molecular weight excluding hydrogens is 462 g/mol. The van der Waals surface area contributed by atoms with Crippen molar-refractivity contribution in [2.45, 2.75) is 62.9 Å². The first-order valence-corrected chi connectivity index (χ1v) is 12.9. The number of benzene rings is 2. The fourth-order valence-electron chi connectivity index (χ4n) is 3.96. The Hall–Kier alpha value is -2.42. The lowest BCUT2D eigenvalue weighted by Crippen LogP contribution is -2.38. The van der Waals surface area contributed by atoms with E-state index in [0.717, 1.165) is 25.7 Å². The van der Waals surface area contributed by atoms with E-state index >= 15 is 0 Å². The molecule has 0 atom stereocenters. The van der Waals surface area contributed by atoms with Crippen LogP contribution in [0.25, 0.3) is 0 Å². The van der Waals surface area contributed by atoms with E-state index in [1.807, 2.05) is 11.9 Å². The maximum absolute atomic E-state index is 12.8. The topological polar surface area (TPSA) is 95.6 Å². The minimum absolute atomic E-state index is 0.0421. The van der Waals surface area contributed by atoms with Crippen molar-refractivity contribution >= 4 is 39.1 Å². The molecule has 0 aliphatic heterocycles. The van der Waals surface area contributed by atoms with Crippen molar-refractivity contribution in [2.24, 2.45) is 0 Å². The SMILES string of the molecule is CC(C)NS(=O)(=O)c1ccc(Cl)c(C(=O)Nc2ccc(C(=O)N(C)C3CCCCC3)cc2)c1. The predicted octanol–water partition coefficient (Wildman–Crippen LogP) is 4.68. The number of amides is 2. The molecule has 1 saturated carbocycles. The summed E-state index contributed by atoms with van der Waals surface area (Å²) in [6, 6.07) is 10.6. The molecule has 0 saturated heterocycles. The molecular formula is C24H30ClN3O4S. The normalized spacial score (nSPS) is 14.8. The van der Waals surface area contributed by atoms with Gasteiger partial charge in [-0.15, -0.1) is 0 Å². The van der Waals surface area contributed by atoms with E-state index in [0.29, 0.717) is 11.3 Å². The average Bonchev–Trinajstić information content (AvgIpc) is 2.78. The number of hydrogen-bond donors (Lipinski definition) is 2. The van der Waals surface area contributed by atoms with Crippen LogP contribution in [0, 0.1) is 0 Å². The second-order valence-electron chi connectivity index (χ2n) is 8.66. The van der Waals surface area contributed by atoms with Gasteiger partial charge in [-0.05, 0) is 69.2 Å². The molecule has 0 bridgehead atoms. The van der Waals surface area contributed by atoms with Crippen LogP contribution >= 0.6 is 11.6 Å². The Balaban J connectivity index is 1.72. The second-order valence-corrected chi connectivity index (χ2v) is 10.8. The third-order valence-electron chi connectivity index (χ3n) is 5.72. The fourth-order valence-corrected chi connectivity index (χ4v) is 5.44. The zero-order chi connectivity index (χ0) is 24.2. The summed E-state index contributed by atoms with van der Waals surface area (Å²) in [4.78, 5) is 27.4. The van der Waals surface area contributed by atoms with Gasteiger partial charge in [0.25, 0.3) is 11.8 Å². The number of nitrogens with zero attached hydrogens (tertiary/aromatic N) is 1. The summed E-state index contributed by atoms with van der Waals surface area (Å²) in [6.07, 6.45) is 5.56. The molecule has 0 heterocycles. The quantitative estimate of drug-likeness (QED) is 0.587. The Morgan fingerprint density at radius 1 is 1.03 bits per heavy atom. The number of anilines is 1. The van der Waals surface area contributed by atoms with Crippen molar-refractivity contribution in [2.75, 3.05) is 12.4 Å². The summed E-state index contributed by atoms with van der Waals surface area (Å²) in [5.41, 5.74) is 1.06. The van der Waals surface area contributed by atoms with E-state index in [2.05, 4.69) is 10.0 Å². The summed E-state index contributed by atoms with van der Waals surface area (Å²) in [5.74, 6) is -0.585. The predicted molar refractivity (Wildman–Crippen MR) is 130 cm³/mol. The molecule has 0 unspecified atom stereocenters. The number of carbonyl (C=O) groups excluding carboxylic acids is 2. The molecule has 1 fully saturated rings. The van der Waals surface area contributed by atoms with Crippen molar-refractivity contribution in [3.63, 3.8) is 0 Å². The Morgan fingerprint density at radius 3 is 2.27 bits per heavy atom. The van der Waals surface area contributed by atoms with Gasteiger partial charge in [0.05, 0.1) is 15.5 Å². The lowest BCUT2D eigenvalue weighted by Gasteiger charge is -2.31. The molecule has 7 nitrogen and oxygen atoms in total. The molecule has 2 aromatic carbocycles. The average molecular weight is 492 g/mol. The van der Waals surface area contributed by atoms with Gasteiger partial charge in [-0.1, -0.05) is 30.9 Å². The zero-order valence-corrected chi connectivity index (χ0v) is 20.7. The maximum atomic E-state index is 12.8. The number of rotatable bonds is 7. The molecule has 0 aromatic heterocycles. The highest BCUT2D eigenvalue weighted by atomic mass is 35.5. The monoisotopic (exact) mass is 491 g/mol. The Morgan fingerprint density at radius 2 is 1.67 bits per heavy atom. The van der Waals surface area contributed by atoms with Crippen LogP contribution in [0.2, 0.25) is 5.02 Å². The second kappa shape index (κ2) is 10.7. The molecule has 33 heavy (non-hydrogen) atoms. The van der Waals surface area contributed by atoms with Gasteiger partial charge in [-0.3, -0.25) is 9.59 Å². The highest BCUT2D eigenvalue weighted by molar-refractivity contribution is 7.89. The third-order valence-corrected chi connectivity index (χ3v) is 7.70. The van der Waals surface area contributed by atoms with Crippen molar-refractivity contribution in [1.82, 2.24) is 9.62 Å². The number of nitrogens with one attached hydrogen (secondary N) is 2. The van der Waals surface area contributed by atoms with E-state index < -0.39 is 15.9 Å². The summed E-state index contributed by atoms with van der Waals surface area (Å²) in [5, 5.41) is 2.85. The summed E-state index contributed by atoms with van der Waals surface area (Å²) in [7, 11) is -1.93. The van der Waals surface area contributed by atoms with Gasteiger partial charge >= 0.3 is 0 Å². The first-order chi connectivity index (χ1) is 15.6. The first-order valence-electron chi connectivity index (χ1n) is 11.1. The maximum Gasteiger partial charge on any atom is 0.257 e. The number of hydrogen-bond acceptors (Lipinski definition) is 4. The van der Waals surface area contributed by atoms with Crippen LogP contribution in [0.3, 0.4) is 0 Å². The van der Waals surface area contributed by atoms with E-state index in [-0.39, 0.29) is 33.5 Å². The zero-order valence-electron chi connectivity index (χ0n) is 19.1. The summed E-state index contributed by atoms with van der Waals surface area (Å²) < 4.78 is 27.4. The first kappa shape index (κ1) is 25.2. The molecule has 3 rings (SSSR count). The summed E-state index contributed by atoms with van der Waals surface area (Å²) in [6.45, 7) is 3.42. The molecule has 9 heteroatoms. The third kappa shape index (κ3) is 6.34. The van der Waals surface area contributed by atoms with Crippen LogP contribution in [-0.4, -0.2) is 44.3 Å². The molecule has 2 N–H and O–H groups in total. The lowest BCUT2D eigenvalue weighted by atomic mass is 9.94. The highest BCUT2D eigenvalue weighted by Gasteiger charge is 2.23. The van der Waals surface area contributed by atoms with E-state index in [1.165, 1.54) is 24.6 Å². The van der Waals surface area contributed by atoms with Gasteiger partial charge < -0.3 is 10.2 Å². The largest absolute Gasteiger partial charge is 0.339 e. The van der Waals surface area contributed by atoms with Gasteiger partial charge in [0.2, 0.25) is 10.0 Å². The highest BCUT2D eigenvalue weighted by Crippen LogP contribution is 2.24. The number of sulfonamides is 1. The number of carbonyl (C=O) groups is 2. The minimum Gasteiger partial charge on any atom is -0.339 e. The van der Waals surface area contributed by atoms with Crippen LogP contribution < -0.4 is 10.0 Å². The Kier molecular flexibility index (Phi) is 8.15. The van der Waals surface area contributed by atoms with Gasteiger partial charge in [0, 0.05) is 30.4 Å². The van der Waals surface area contributed by atoms with Gasteiger partial charge in [-0.2, -0.15) is 0 Å². The van der Waals surface area contributed by atoms with E-state index in [1.54, 1.807) is 38.1 Å². The Bertz CT molecular complexity index is 1110.